The van der Waals surface area contributed by atoms with Crippen molar-refractivity contribution in [3.63, 3.8) is 0 Å². The summed E-state index contributed by atoms with van der Waals surface area (Å²) in [5.74, 6) is 0. The Hall–Kier alpha value is -0.500. The predicted octanol–water partition coefficient (Wildman–Crippen LogP) is 0.636. The van der Waals surface area contributed by atoms with Crippen LogP contribution in [0.25, 0.3) is 0 Å². The molecule has 0 saturated carbocycles. The monoisotopic (exact) mass is 113 g/mol. The third kappa shape index (κ3) is 1.01. The normalized spacial score (nSPS) is 36.8. The summed E-state index contributed by atoms with van der Waals surface area (Å²) in [5, 5.41) is 0. The zero-order valence-electron chi connectivity index (χ0n) is 5.00. The number of hydrogen-bond acceptors (Lipinski definition) is 2. The molecule has 2 heteroatoms. The van der Waals surface area contributed by atoms with Crippen LogP contribution in [-0.2, 0) is 4.74 Å². The molecule has 0 bridgehead atoms. The molecule has 0 radical (unpaired) electrons. The molecule has 1 aliphatic rings. The first kappa shape index (κ1) is 5.63. The first-order valence-electron chi connectivity index (χ1n) is 2.87. The number of hydrogen-bond donors (Lipinski definition) is 1. The second-order valence-electron chi connectivity index (χ2n) is 2.11. The van der Waals surface area contributed by atoms with Gasteiger partial charge in [0.05, 0.1) is 6.26 Å². The lowest BCUT2D eigenvalue weighted by Gasteiger charge is -2.21. The van der Waals surface area contributed by atoms with Crippen molar-refractivity contribution < 1.29 is 4.74 Å². The van der Waals surface area contributed by atoms with Crippen molar-refractivity contribution in [1.29, 1.82) is 0 Å². The fourth-order valence-corrected chi connectivity index (χ4v) is 0.685. The highest BCUT2D eigenvalue weighted by atomic mass is 16.5. The van der Waals surface area contributed by atoms with Crippen LogP contribution in [0.4, 0.5) is 0 Å². The smallest absolute Gasteiger partial charge is 0.110 e. The van der Waals surface area contributed by atoms with E-state index in [4.69, 9.17) is 10.5 Å². The lowest BCUT2D eigenvalue weighted by atomic mass is 10.1. The minimum Gasteiger partial charge on any atom is -0.497 e. The van der Waals surface area contributed by atoms with Gasteiger partial charge in [-0.1, -0.05) is 0 Å². The van der Waals surface area contributed by atoms with Gasteiger partial charge in [0.25, 0.3) is 0 Å². The summed E-state index contributed by atoms with van der Waals surface area (Å²) in [6, 6.07) is 0.194. The molecule has 46 valence electrons. The maximum Gasteiger partial charge on any atom is 0.110 e. The molecule has 2 unspecified atom stereocenters. The molecular formula is C6H11NO. The van der Waals surface area contributed by atoms with Gasteiger partial charge in [-0.2, -0.15) is 0 Å². The van der Waals surface area contributed by atoms with Crippen molar-refractivity contribution in [2.24, 2.45) is 5.73 Å². The van der Waals surface area contributed by atoms with E-state index in [1.165, 1.54) is 0 Å². The highest BCUT2D eigenvalue weighted by Crippen LogP contribution is 2.07. The van der Waals surface area contributed by atoms with Gasteiger partial charge in [0, 0.05) is 6.04 Å². The van der Waals surface area contributed by atoms with E-state index in [1.54, 1.807) is 6.26 Å². The van der Waals surface area contributed by atoms with E-state index in [-0.39, 0.29) is 12.1 Å². The summed E-state index contributed by atoms with van der Waals surface area (Å²) in [4.78, 5) is 0. The van der Waals surface area contributed by atoms with Gasteiger partial charge in [0.1, 0.15) is 6.10 Å². The fraction of sp³-hybridized carbons (Fsp3) is 0.667. The number of rotatable bonds is 0. The number of ether oxygens (including phenoxy) is 1. The zero-order valence-corrected chi connectivity index (χ0v) is 5.00. The van der Waals surface area contributed by atoms with Crippen LogP contribution in [0.1, 0.15) is 13.3 Å². The Morgan fingerprint density at radius 3 is 2.88 bits per heavy atom. The van der Waals surface area contributed by atoms with Crippen LogP contribution >= 0.6 is 0 Å². The van der Waals surface area contributed by atoms with Gasteiger partial charge in [-0.3, -0.25) is 0 Å². The molecule has 1 heterocycles. The van der Waals surface area contributed by atoms with E-state index in [0.29, 0.717) is 0 Å². The molecule has 1 aliphatic heterocycles. The Kier molecular flexibility index (Phi) is 1.53. The fourth-order valence-electron chi connectivity index (χ4n) is 0.685. The first-order valence-corrected chi connectivity index (χ1v) is 2.87. The molecule has 0 saturated heterocycles. The SMILES string of the molecule is CC1OC=CCC1N. The zero-order chi connectivity index (χ0) is 5.98. The molecular weight excluding hydrogens is 102 g/mol. The molecule has 0 fully saturated rings. The van der Waals surface area contributed by atoms with E-state index in [2.05, 4.69) is 0 Å². The summed E-state index contributed by atoms with van der Waals surface area (Å²) in [6.45, 7) is 1.98. The summed E-state index contributed by atoms with van der Waals surface area (Å²) in [5.41, 5.74) is 5.60. The highest BCUT2D eigenvalue weighted by molar-refractivity contribution is 4.88. The van der Waals surface area contributed by atoms with Crippen molar-refractivity contribution in [2.45, 2.75) is 25.5 Å². The Labute approximate surface area is 49.3 Å². The molecule has 2 nitrogen and oxygen atoms in total. The molecule has 0 aliphatic carbocycles. The standard InChI is InChI=1S/C6H11NO/c1-5-6(7)3-2-4-8-5/h2,4-6H,3,7H2,1H3. The quantitative estimate of drug-likeness (QED) is 0.500. The van der Waals surface area contributed by atoms with Crippen molar-refractivity contribution >= 4 is 0 Å². The van der Waals surface area contributed by atoms with Gasteiger partial charge < -0.3 is 10.5 Å². The van der Waals surface area contributed by atoms with Crippen LogP contribution in [0.5, 0.6) is 0 Å². The number of nitrogens with two attached hydrogens (primary N) is 1. The molecule has 0 aromatic rings. The molecule has 2 atom stereocenters. The Bertz CT molecular complexity index is 88.7. The van der Waals surface area contributed by atoms with Crippen molar-refractivity contribution in [3.8, 4) is 0 Å². The Morgan fingerprint density at radius 1 is 1.75 bits per heavy atom. The van der Waals surface area contributed by atoms with Crippen molar-refractivity contribution in [3.05, 3.63) is 12.3 Å². The molecule has 0 amide bonds. The van der Waals surface area contributed by atoms with Gasteiger partial charge in [-0.05, 0) is 19.4 Å². The summed E-state index contributed by atoms with van der Waals surface area (Å²) >= 11 is 0. The van der Waals surface area contributed by atoms with Gasteiger partial charge in [0.15, 0.2) is 0 Å². The lowest BCUT2D eigenvalue weighted by molar-refractivity contribution is 0.122. The second-order valence-corrected chi connectivity index (χ2v) is 2.11. The summed E-state index contributed by atoms with van der Waals surface area (Å²) in [7, 11) is 0. The van der Waals surface area contributed by atoms with E-state index >= 15 is 0 Å². The van der Waals surface area contributed by atoms with Crippen LogP contribution in [0.2, 0.25) is 0 Å². The molecule has 0 aromatic heterocycles. The van der Waals surface area contributed by atoms with Crippen LogP contribution in [0.15, 0.2) is 12.3 Å². The maximum absolute atomic E-state index is 5.60. The second kappa shape index (κ2) is 2.18. The highest BCUT2D eigenvalue weighted by Gasteiger charge is 2.13. The molecule has 2 N–H and O–H groups in total. The van der Waals surface area contributed by atoms with E-state index in [9.17, 15) is 0 Å². The van der Waals surface area contributed by atoms with E-state index < -0.39 is 0 Å². The van der Waals surface area contributed by atoms with Gasteiger partial charge >= 0.3 is 0 Å². The Morgan fingerprint density at radius 2 is 2.50 bits per heavy atom. The van der Waals surface area contributed by atoms with Crippen molar-refractivity contribution in [1.82, 2.24) is 0 Å². The topological polar surface area (TPSA) is 35.2 Å². The minimum atomic E-state index is 0.194. The maximum atomic E-state index is 5.60. The summed E-state index contributed by atoms with van der Waals surface area (Å²) < 4.78 is 5.08. The molecule has 0 spiro atoms. The van der Waals surface area contributed by atoms with Crippen LogP contribution in [-0.4, -0.2) is 12.1 Å². The van der Waals surface area contributed by atoms with Gasteiger partial charge in [-0.25, -0.2) is 0 Å². The predicted molar refractivity (Wildman–Crippen MR) is 32.3 cm³/mol. The lowest BCUT2D eigenvalue weighted by Crippen LogP contribution is -2.34. The Balaban J connectivity index is 2.44. The van der Waals surface area contributed by atoms with Gasteiger partial charge in [0.2, 0.25) is 0 Å². The van der Waals surface area contributed by atoms with E-state index in [1.807, 2.05) is 13.0 Å². The van der Waals surface area contributed by atoms with E-state index in [0.717, 1.165) is 6.42 Å². The largest absolute Gasteiger partial charge is 0.497 e. The van der Waals surface area contributed by atoms with Gasteiger partial charge in [-0.15, -0.1) is 0 Å². The average Bonchev–Trinajstić information content (AvgIpc) is 1.77. The van der Waals surface area contributed by atoms with Crippen LogP contribution in [0, 0.1) is 0 Å². The average molecular weight is 113 g/mol. The minimum absolute atomic E-state index is 0.194. The third-order valence-corrected chi connectivity index (χ3v) is 1.40. The molecule has 8 heavy (non-hydrogen) atoms. The third-order valence-electron chi connectivity index (χ3n) is 1.40. The molecule has 1 rings (SSSR count). The first-order chi connectivity index (χ1) is 3.80. The molecule has 0 aromatic carbocycles. The summed E-state index contributed by atoms with van der Waals surface area (Å²) in [6.07, 6.45) is 4.81. The van der Waals surface area contributed by atoms with Crippen LogP contribution in [0.3, 0.4) is 0 Å². The van der Waals surface area contributed by atoms with Crippen molar-refractivity contribution in [2.75, 3.05) is 0 Å². The van der Waals surface area contributed by atoms with Crippen LogP contribution < -0.4 is 5.73 Å².